The zero-order valence-electron chi connectivity index (χ0n) is 14.0. The van der Waals surface area contributed by atoms with Gasteiger partial charge < -0.3 is 14.0 Å². The summed E-state index contributed by atoms with van der Waals surface area (Å²) in [4.78, 5) is 0. The smallest absolute Gasteiger partial charge is 0.495 e. The summed E-state index contributed by atoms with van der Waals surface area (Å²) < 4.78 is 19.0. The van der Waals surface area contributed by atoms with Gasteiger partial charge in [-0.25, -0.2) is 4.68 Å². The molecule has 0 unspecified atom stereocenters. The molecule has 1 aromatic carbocycles. The Morgan fingerprint density at radius 1 is 1.17 bits per heavy atom. The van der Waals surface area contributed by atoms with Gasteiger partial charge >= 0.3 is 7.12 Å². The second-order valence-corrected chi connectivity index (χ2v) is 7.03. The monoisotopic (exact) mass is 334 g/mol. The second kappa shape index (κ2) is 5.55. The highest BCUT2D eigenvalue weighted by Gasteiger charge is 2.52. The Morgan fingerprint density at radius 2 is 1.83 bits per heavy atom. The molecule has 122 valence electrons. The van der Waals surface area contributed by atoms with E-state index in [1.54, 1.807) is 24.1 Å². The summed E-state index contributed by atoms with van der Waals surface area (Å²) in [5.74, 6) is 0.633. The van der Waals surface area contributed by atoms with E-state index in [1.807, 2.05) is 46.0 Å². The lowest BCUT2D eigenvalue weighted by atomic mass is 9.82. The molecule has 0 atom stereocenters. The summed E-state index contributed by atoms with van der Waals surface area (Å²) in [7, 11) is 1.16. The molecule has 0 saturated carbocycles. The van der Waals surface area contributed by atoms with Crippen LogP contribution in [0.25, 0.3) is 5.69 Å². The molecule has 0 N–H and O–H groups in total. The lowest BCUT2D eigenvalue weighted by molar-refractivity contribution is 0.00578. The van der Waals surface area contributed by atoms with Gasteiger partial charge in [0.1, 0.15) is 5.75 Å². The van der Waals surface area contributed by atoms with Crippen LogP contribution in [0.4, 0.5) is 0 Å². The molecule has 1 fully saturated rings. The van der Waals surface area contributed by atoms with Crippen molar-refractivity contribution in [3.63, 3.8) is 0 Å². The Hall–Kier alpha value is -1.50. The van der Waals surface area contributed by atoms with Crippen molar-refractivity contribution >= 4 is 24.2 Å². The Balaban J connectivity index is 1.86. The van der Waals surface area contributed by atoms with Crippen LogP contribution in [-0.4, -0.2) is 35.2 Å². The number of ether oxygens (including phenoxy) is 1. The van der Waals surface area contributed by atoms with Crippen LogP contribution >= 0.6 is 11.6 Å². The van der Waals surface area contributed by atoms with Crippen molar-refractivity contribution in [2.45, 2.75) is 38.9 Å². The van der Waals surface area contributed by atoms with Crippen LogP contribution in [0.3, 0.4) is 0 Å². The van der Waals surface area contributed by atoms with Gasteiger partial charge in [-0.1, -0.05) is 11.6 Å². The van der Waals surface area contributed by atoms with E-state index in [2.05, 4.69) is 5.10 Å². The zero-order valence-corrected chi connectivity index (χ0v) is 14.7. The second-order valence-electron chi connectivity index (χ2n) is 6.63. The van der Waals surface area contributed by atoms with Crippen molar-refractivity contribution in [1.82, 2.24) is 9.78 Å². The molecule has 7 heteroatoms. The van der Waals surface area contributed by atoms with Crippen molar-refractivity contribution in [1.29, 1.82) is 0 Å². The molecule has 2 heterocycles. The molecule has 1 aliphatic rings. The van der Waals surface area contributed by atoms with E-state index in [9.17, 15) is 0 Å². The molecule has 1 aromatic heterocycles. The van der Waals surface area contributed by atoms with E-state index < -0.39 is 7.12 Å². The average molecular weight is 335 g/mol. The highest BCUT2D eigenvalue weighted by Crippen LogP contribution is 2.36. The lowest BCUT2D eigenvalue weighted by Crippen LogP contribution is -2.41. The van der Waals surface area contributed by atoms with Crippen LogP contribution < -0.4 is 10.2 Å². The molecule has 0 bridgehead atoms. The van der Waals surface area contributed by atoms with Gasteiger partial charge in [0.2, 0.25) is 0 Å². The van der Waals surface area contributed by atoms with Gasteiger partial charge in [-0.3, -0.25) is 0 Å². The van der Waals surface area contributed by atoms with Crippen LogP contribution in [-0.2, 0) is 9.31 Å². The van der Waals surface area contributed by atoms with E-state index in [4.69, 9.17) is 25.6 Å². The minimum Gasteiger partial charge on any atom is -0.495 e. The molecule has 0 spiro atoms. The standard InChI is InChI=1S/C16H20BClN2O3/c1-15(2)16(3,4)23-17(22-15)11-9-19-20(10-11)12-6-7-14(21-5)13(18)8-12/h6-10H,1-5H3. The predicted molar refractivity (Wildman–Crippen MR) is 90.8 cm³/mol. The van der Waals surface area contributed by atoms with E-state index in [0.717, 1.165) is 11.2 Å². The third-order valence-corrected chi connectivity index (χ3v) is 4.82. The molecular weight excluding hydrogens is 314 g/mol. The minimum atomic E-state index is -0.428. The molecule has 5 nitrogen and oxygen atoms in total. The van der Waals surface area contributed by atoms with Gasteiger partial charge in [0.25, 0.3) is 0 Å². The highest BCUT2D eigenvalue weighted by molar-refractivity contribution is 6.62. The Bertz CT molecular complexity index is 714. The topological polar surface area (TPSA) is 45.5 Å². The van der Waals surface area contributed by atoms with Crippen LogP contribution in [0.1, 0.15) is 27.7 Å². The number of hydrogen-bond donors (Lipinski definition) is 0. The summed E-state index contributed by atoms with van der Waals surface area (Å²) in [6.45, 7) is 8.11. The summed E-state index contributed by atoms with van der Waals surface area (Å²) in [6.07, 6.45) is 3.64. The summed E-state index contributed by atoms with van der Waals surface area (Å²) in [5.41, 5.74) is 0.973. The first-order valence-corrected chi connectivity index (χ1v) is 7.85. The fourth-order valence-electron chi connectivity index (χ4n) is 2.38. The maximum Gasteiger partial charge on any atom is 0.498 e. The average Bonchev–Trinajstić information content (AvgIpc) is 3.02. The quantitative estimate of drug-likeness (QED) is 0.810. The minimum absolute atomic E-state index is 0.372. The van der Waals surface area contributed by atoms with Crippen molar-refractivity contribution < 1.29 is 14.0 Å². The molecule has 0 amide bonds. The first-order chi connectivity index (χ1) is 10.7. The fourth-order valence-corrected chi connectivity index (χ4v) is 2.63. The fraction of sp³-hybridized carbons (Fsp3) is 0.438. The summed E-state index contributed by atoms with van der Waals surface area (Å²) >= 11 is 6.17. The number of halogens is 1. The molecule has 0 aliphatic carbocycles. The van der Waals surface area contributed by atoms with E-state index in [-0.39, 0.29) is 11.2 Å². The number of hydrogen-bond acceptors (Lipinski definition) is 4. The molecular formula is C16H20BClN2O3. The number of rotatable bonds is 3. The molecule has 0 radical (unpaired) electrons. The van der Waals surface area contributed by atoms with E-state index >= 15 is 0 Å². The van der Waals surface area contributed by atoms with Gasteiger partial charge in [0.15, 0.2) is 0 Å². The van der Waals surface area contributed by atoms with Crippen molar-refractivity contribution in [2.24, 2.45) is 0 Å². The summed E-state index contributed by atoms with van der Waals surface area (Å²) in [5, 5.41) is 4.92. The maximum atomic E-state index is 6.17. The van der Waals surface area contributed by atoms with E-state index in [1.165, 1.54) is 0 Å². The molecule has 2 aromatic rings. The van der Waals surface area contributed by atoms with Crippen LogP contribution in [0.5, 0.6) is 5.75 Å². The first kappa shape index (κ1) is 16.4. The van der Waals surface area contributed by atoms with Gasteiger partial charge in [-0.05, 0) is 45.9 Å². The number of nitrogens with zero attached hydrogens (tertiary/aromatic N) is 2. The first-order valence-electron chi connectivity index (χ1n) is 7.48. The molecule has 1 saturated heterocycles. The van der Waals surface area contributed by atoms with E-state index in [0.29, 0.717) is 10.8 Å². The Morgan fingerprint density at radius 3 is 2.39 bits per heavy atom. The SMILES string of the molecule is COc1ccc(-n2cc(B3OC(C)(C)C(C)(C)O3)cn2)cc1Cl. The number of benzene rings is 1. The van der Waals surface area contributed by atoms with Crippen molar-refractivity contribution in [2.75, 3.05) is 7.11 Å². The third-order valence-electron chi connectivity index (χ3n) is 4.53. The molecule has 3 rings (SSSR count). The molecule has 1 aliphatic heterocycles. The lowest BCUT2D eigenvalue weighted by Gasteiger charge is -2.32. The van der Waals surface area contributed by atoms with Crippen molar-refractivity contribution in [3.05, 3.63) is 35.6 Å². The Labute approximate surface area is 141 Å². The van der Waals surface area contributed by atoms with Gasteiger partial charge in [-0.2, -0.15) is 5.10 Å². The predicted octanol–water partition coefficient (Wildman–Crippen LogP) is 2.83. The van der Waals surface area contributed by atoms with Gasteiger partial charge in [0.05, 0.1) is 29.0 Å². The largest absolute Gasteiger partial charge is 0.498 e. The maximum absolute atomic E-state index is 6.17. The van der Waals surface area contributed by atoms with Crippen LogP contribution in [0.2, 0.25) is 5.02 Å². The molecule has 23 heavy (non-hydrogen) atoms. The highest BCUT2D eigenvalue weighted by atomic mass is 35.5. The van der Waals surface area contributed by atoms with Crippen molar-refractivity contribution in [3.8, 4) is 11.4 Å². The number of aromatic nitrogens is 2. The third kappa shape index (κ3) is 2.87. The normalized spacial score (nSPS) is 19.1. The summed E-state index contributed by atoms with van der Waals surface area (Å²) in [6, 6.07) is 5.51. The van der Waals surface area contributed by atoms with Gasteiger partial charge in [-0.15, -0.1) is 0 Å². The van der Waals surface area contributed by atoms with Crippen LogP contribution in [0, 0.1) is 0 Å². The Kier molecular flexibility index (Phi) is 3.95. The van der Waals surface area contributed by atoms with Gasteiger partial charge in [0, 0.05) is 17.9 Å². The van der Waals surface area contributed by atoms with Crippen LogP contribution in [0.15, 0.2) is 30.6 Å². The zero-order chi connectivity index (χ0) is 16.8. The number of methoxy groups -OCH3 is 1.